The maximum atomic E-state index is 12.6. The number of esters is 1. The number of rotatable bonds is 9. The molecule has 0 aromatic heterocycles. The van der Waals surface area contributed by atoms with Crippen LogP contribution in [0.3, 0.4) is 0 Å². The highest BCUT2D eigenvalue weighted by molar-refractivity contribution is 7.93. The topological polar surface area (TPSA) is 98.8 Å². The van der Waals surface area contributed by atoms with Crippen LogP contribution in [0.4, 0.5) is 0 Å². The van der Waals surface area contributed by atoms with Crippen LogP contribution in [0.1, 0.15) is 18.1 Å². The van der Waals surface area contributed by atoms with Gasteiger partial charge in [-0.3, -0.25) is 9.59 Å². The Morgan fingerprint density at radius 2 is 1.72 bits per heavy atom. The molecule has 2 aromatic rings. The molecule has 0 saturated heterocycles. The molecule has 0 aliphatic rings. The number of benzene rings is 2. The van der Waals surface area contributed by atoms with E-state index >= 15 is 0 Å². The van der Waals surface area contributed by atoms with Gasteiger partial charge in [0.05, 0.1) is 19.1 Å². The van der Waals surface area contributed by atoms with Crippen molar-refractivity contribution < 1.29 is 27.5 Å². The van der Waals surface area contributed by atoms with E-state index in [9.17, 15) is 18.0 Å². The van der Waals surface area contributed by atoms with Gasteiger partial charge in [-0.25, -0.2) is 13.1 Å². The van der Waals surface area contributed by atoms with Crippen LogP contribution in [-0.4, -0.2) is 34.0 Å². The van der Waals surface area contributed by atoms with Crippen molar-refractivity contribution in [3.63, 3.8) is 0 Å². The van der Waals surface area contributed by atoms with Crippen molar-refractivity contribution in [3.8, 4) is 5.75 Å². The fourth-order valence-corrected chi connectivity index (χ4v) is 3.33. The summed E-state index contributed by atoms with van der Waals surface area (Å²) in [6, 6.07) is 15.5. The Hall–Kier alpha value is -3.13. The monoisotopic (exact) mass is 417 g/mol. The van der Waals surface area contributed by atoms with Gasteiger partial charge in [-0.15, -0.1) is 0 Å². The Morgan fingerprint density at radius 3 is 2.31 bits per heavy atom. The van der Waals surface area contributed by atoms with Gasteiger partial charge in [0.1, 0.15) is 11.7 Å². The molecule has 1 atom stereocenters. The maximum absolute atomic E-state index is 12.6. The first-order valence-corrected chi connectivity index (χ1v) is 10.5. The lowest BCUT2D eigenvalue weighted by molar-refractivity contribution is -0.151. The molecular formula is C21H23NO6S. The van der Waals surface area contributed by atoms with Crippen molar-refractivity contribution in [2.24, 2.45) is 5.92 Å². The summed E-state index contributed by atoms with van der Waals surface area (Å²) in [6.07, 6.45) is 1.35. The number of ether oxygens (including phenoxy) is 2. The minimum absolute atomic E-state index is 0.00736. The van der Waals surface area contributed by atoms with Gasteiger partial charge in [0.25, 0.3) is 10.0 Å². The number of carbonyl (C=O) groups excluding carboxylic acids is 2. The largest absolute Gasteiger partial charge is 0.497 e. The summed E-state index contributed by atoms with van der Waals surface area (Å²) in [4.78, 5) is 24.8. The Labute approximate surface area is 170 Å². The standard InChI is InChI=1S/C21H23NO6S/c1-3-28-21(24)19(15-17-9-11-18(27-2)12-10-17)20(23)22-29(25,26)14-13-16-7-5-4-6-8-16/h4-14,19H,3,15H2,1-2H3,(H,22,23). The normalized spacial score (nSPS) is 12.3. The molecule has 29 heavy (non-hydrogen) atoms. The third-order valence-electron chi connectivity index (χ3n) is 3.97. The SMILES string of the molecule is CCOC(=O)C(Cc1ccc(OC)cc1)C(=O)NS(=O)(=O)C=Cc1ccccc1. The van der Waals surface area contributed by atoms with E-state index in [0.717, 1.165) is 5.41 Å². The molecule has 7 nitrogen and oxygen atoms in total. The van der Waals surface area contributed by atoms with Crippen LogP contribution in [-0.2, 0) is 30.8 Å². The summed E-state index contributed by atoms with van der Waals surface area (Å²) < 4.78 is 36.5. The first-order chi connectivity index (χ1) is 13.8. The fraction of sp³-hybridized carbons (Fsp3) is 0.238. The van der Waals surface area contributed by atoms with Gasteiger partial charge in [0.15, 0.2) is 0 Å². The van der Waals surface area contributed by atoms with E-state index < -0.39 is 27.8 Å². The Kier molecular flexibility index (Phi) is 7.97. The zero-order valence-electron chi connectivity index (χ0n) is 16.2. The molecule has 2 aromatic carbocycles. The van der Waals surface area contributed by atoms with E-state index in [1.54, 1.807) is 61.5 Å². The van der Waals surface area contributed by atoms with E-state index in [0.29, 0.717) is 16.9 Å². The molecule has 0 aliphatic carbocycles. The third-order valence-corrected chi connectivity index (χ3v) is 4.95. The molecule has 154 valence electrons. The molecule has 0 bridgehead atoms. The number of amides is 1. The highest BCUT2D eigenvalue weighted by Crippen LogP contribution is 2.16. The summed E-state index contributed by atoms with van der Waals surface area (Å²) in [5.74, 6) is -2.41. The molecule has 8 heteroatoms. The molecule has 0 saturated carbocycles. The zero-order chi connectivity index (χ0) is 21.3. The van der Waals surface area contributed by atoms with Crippen LogP contribution in [0.25, 0.3) is 6.08 Å². The Bertz CT molecular complexity index is 952. The minimum atomic E-state index is -4.08. The predicted octanol–water partition coefficient (Wildman–Crippen LogP) is 2.53. The van der Waals surface area contributed by atoms with E-state index in [4.69, 9.17) is 9.47 Å². The summed E-state index contributed by atoms with van der Waals surface area (Å²) in [5, 5.41) is 0.885. The Morgan fingerprint density at radius 1 is 1.07 bits per heavy atom. The first-order valence-electron chi connectivity index (χ1n) is 8.94. The lowest BCUT2D eigenvalue weighted by Gasteiger charge is -2.15. The molecule has 0 radical (unpaired) electrons. The Balaban J connectivity index is 2.15. The van der Waals surface area contributed by atoms with Crippen LogP contribution < -0.4 is 9.46 Å². The van der Waals surface area contributed by atoms with E-state index in [-0.39, 0.29) is 13.0 Å². The summed E-state index contributed by atoms with van der Waals surface area (Å²) in [6.45, 7) is 1.69. The van der Waals surface area contributed by atoms with E-state index in [1.165, 1.54) is 13.2 Å². The number of methoxy groups -OCH3 is 1. The second-order valence-corrected chi connectivity index (χ2v) is 7.65. The number of nitrogens with one attached hydrogen (secondary N) is 1. The molecule has 1 amide bonds. The average Bonchev–Trinajstić information content (AvgIpc) is 2.71. The molecule has 0 spiro atoms. The lowest BCUT2D eigenvalue weighted by Crippen LogP contribution is -2.40. The number of hydrogen-bond donors (Lipinski definition) is 1. The van der Waals surface area contributed by atoms with Gasteiger partial charge in [0, 0.05) is 0 Å². The summed E-state index contributed by atoms with van der Waals surface area (Å²) >= 11 is 0. The van der Waals surface area contributed by atoms with Gasteiger partial charge in [-0.05, 0) is 42.7 Å². The van der Waals surface area contributed by atoms with Crippen molar-refractivity contribution in [1.82, 2.24) is 4.72 Å². The first kappa shape index (κ1) is 22.2. The molecule has 1 N–H and O–H groups in total. The quantitative estimate of drug-likeness (QED) is 0.497. The van der Waals surface area contributed by atoms with Crippen molar-refractivity contribution in [3.05, 3.63) is 71.1 Å². The van der Waals surface area contributed by atoms with Crippen LogP contribution in [0.5, 0.6) is 5.75 Å². The van der Waals surface area contributed by atoms with Crippen LogP contribution in [0.2, 0.25) is 0 Å². The highest BCUT2D eigenvalue weighted by atomic mass is 32.2. The van der Waals surface area contributed by atoms with Gasteiger partial charge in [-0.2, -0.15) is 0 Å². The smallest absolute Gasteiger partial charge is 0.318 e. The van der Waals surface area contributed by atoms with Gasteiger partial charge >= 0.3 is 5.97 Å². The van der Waals surface area contributed by atoms with Crippen LogP contribution in [0.15, 0.2) is 60.0 Å². The van der Waals surface area contributed by atoms with E-state index in [1.807, 2.05) is 4.72 Å². The minimum Gasteiger partial charge on any atom is -0.497 e. The molecular weight excluding hydrogens is 394 g/mol. The summed E-state index contributed by atoms with van der Waals surface area (Å²) in [5.41, 5.74) is 1.32. The molecule has 0 fully saturated rings. The predicted molar refractivity (Wildman–Crippen MR) is 109 cm³/mol. The highest BCUT2D eigenvalue weighted by Gasteiger charge is 2.30. The third kappa shape index (κ3) is 7.08. The lowest BCUT2D eigenvalue weighted by atomic mass is 9.99. The number of carbonyl (C=O) groups is 2. The van der Waals surface area contributed by atoms with Gasteiger partial charge < -0.3 is 9.47 Å². The summed E-state index contributed by atoms with van der Waals surface area (Å²) in [7, 11) is -2.56. The second kappa shape index (κ2) is 10.4. The molecule has 0 heterocycles. The fourth-order valence-electron chi connectivity index (χ4n) is 2.50. The second-order valence-electron chi connectivity index (χ2n) is 6.08. The average molecular weight is 417 g/mol. The van der Waals surface area contributed by atoms with Crippen molar-refractivity contribution in [1.29, 1.82) is 0 Å². The van der Waals surface area contributed by atoms with Crippen molar-refractivity contribution in [2.45, 2.75) is 13.3 Å². The van der Waals surface area contributed by atoms with Crippen LogP contribution >= 0.6 is 0 Å². The van der Waals surface area contributed by atoms with Crippen LogP contribution in [0, 0.1) is 5.92 Å². The zero-order valence-corrected chi connectivity index (χ0v) is 17.0. The van der Waals surface area contributed by atoms with E-state index in [2.05, 4.69) is 0 Å². The molecule has 1 unspecified atom stereocenters. The molecule has 2 rings (SSSR count). The molecule has 0 aliphatic heterocycles. The maximum Gasteiger partial charge on any atom is 0.318 e. The number of hydrogen-bond acceptors (Lipinski definition) is 6. The van der Waals surface area contributed by atoms with Crippen molar-refractivity contribution in [2.75, 3.05) is 13.7 Å². The number of sulfonamides is 1. The van der Waals surface area contributed by atoms with Gasteiger partial charge in [0.2, 0.25) is 5.91 Å². The van der Waals surface area contributed by atoms with Crippen molar-refractivity contribution >= 4 is 28.0 Å². The van der Waals surface area contributed by atoms with Gasteiger partial charge in [-0.1, -0.05) is 42.5 Å².